The van der Waals surface area contributed by atoms with E-state index in [0.29, 0.717) is 22.5 Å². The van der Waals surface area contributed by atoms with Gasteiger partial charge in [0.1, 0.15) is 11.2 Å². The normalized spacial score (nSPS) is 11.2. The van der Waals surface area contributed by atoms with Gasteiger partial charge in [0.25, 0.3) is 5.56 Å². The summed E-state index contributed by atoms with van der Waals surface area (Å²) in [6, 6.07) is 0. The Bertz CT molecular complexity index is 737. The Hall–Kier alpha value is -1.63. The molecule has 0 fully saturated rings. The molecule has 0 aromatic carbocycles. The van der Waals surface area contributed by atoms with E-state index in [9.17, 15) is 9.59 Å². The molecular weight excluding hydrogens is 276 g/mol. The lowest BCUT2D eigenvalue weighted by Crippen LogP contribution is -2.30. The Balaban J connectivity index is 2.12. The quantitative estimate of drug-likeness (QED) is 0.542. The highest BCUT2D eigenvalue weighted by molar-refractivity contribution is 7.71. The van der Waals surface area contributed by atoms with Gasteiger partial charge in [-0.25, -0.2) is 4.79 Å². The number of unbranched alkanes of at least 4 members (excludes halogenated alkanes) is 5. The van der Waals surface area contributed by atoms with Gasteiger partial charge in [-0.05, 0) is 18.6 Å². The van der Waals surface area contributed by atoms with Gasteiger partial charge in [0, 0.05) is 6.54 Å². The number of hydrogen-bond donors (Lipinski definition) is 3. The Morgan fingerprint density at radius 1 is 1.00 bits per heavy atom. The summed E-state index contributed by atoms with van der Waals surface area (Å²) in [4.78, 5) is 31.5. The first kappa shape index (κ1) is 14.8. The second-order valence-electron chi connectivity index (χ2n) is 4.98. The van der Waals surface area contributed by atoms with E-state index in [0.717, 1.165) is 12.8 Å². The third-order valence-electron chi connectivity index (χ3n) is 3.41. The lowest BCUT2D eigenvalue weighted by Gasteiger charge is -2.06. The number of aromatic amines is 3. The van der Waals surface area contributed by atoms with Crippen molar-refractivity contribution >= 4 is 23.4 Å². The lowest BCUT2D eigenvalue weighted by molar-refractivity contribution is 0.551. The molecule has 0 radical (unpaired) electrons. The molecule has 0 saturated heterocycles. The minimum atomic E-state index is -0.434. The summed E-state index contributed by atoms with van der Waals surface area (Å²) in [6.45, 7) is 2.77. The van der Waals surface area contributed by atoms with E-state index in [1.807, 2.05) is 0 Å². The molecule has 2 aromatic rings. The summed E-state index contributed by atoms with van der Waals surface area (Å²) >= 11 is 4.98. The average Bonchev–Trinajstić information content (AvgIpc) is 2.79. The van der Waals surface area contributed by atoms with E-state index in [1.54, 1.807) is 4.57 Å². The summed E-state index contributed by atoms with van der Waals surface area (Å²) < 4.78 is 1.90. The van der Waals surface area contributed by atoms with Crippen LogP contribution in [0.25, 0.3) is 11.2 Å². The van der Waals surface area contributed by atoms with E-state index in [4.69, 9.17) is 12.2 Å². The second-order valence-corrected chi connectivity index (χ2v) is 5.39. The predicted molar refractivity (Wildman–Crippen MR) is 81.7 cm³/mol. The average molecular weight is 296 g/mol. The number of aromatic nitrogens is 4. The van der Waals surface area contributed by atoms with Crippen molar-refractivity contribution in [2.45, 2.75) is 52.0 Å². The van der Waals surface area contributed by atoms with Gasteiger partial charge in [0.2, 0.25) is 0 Å². The maximum Gasteiger partial charge on any atom is 0.330 e. The van der Waals surface area contributed by atoms with Crippen molar-refractivity contribution in [3.8, 4) is 0 Å². The zero-order chi connectivity index (χ0) is 14.5. The Morgan fingerprint density at radius 3 is 2.45 bits per heavy atom. The number of fused-ring (bicyclic) bond motifs is 1. The molecule has 2 aromatic heterocycles. The first-order chi connectivity index (χ1) is 9.63. The number of nitrogens with zero attached hydrogens (tertiary/aromatic N) is 1. The first-order valence-electron chi connectivity index (χ1n) is 7.08. The van der Waals surface area contributed by atoms with Gasteiger partial charge in [-0.2, -0.15) is 0 Å². The maximum atomic E-state index is 11.9. The highest BCUT2D eigenvalue weighted by atomic mass is 32.1. The first-order valence-corrected chi connectivity index (χ1v) is 7.49. The van der Waals surface area contributed by atoms with Crippen LogP contribution in [0.2, 0.25) is 0 Å². The number of imidazole rings is 1. The summed E-state index contributed by atoms with van der Waals surface area (Å²) in [6.07, 6.45) is 6.89. The molecule has 0 amide bonds. The van der Waals surface area contributed by atoms with Gasteiger partial charge in [-0.1, -0.05) is 39.0 Å². The lowest BCUT2D eigenvalue weighted by atomic mass is 10.1. The van der Waals surface area contributed by atoms with E-state index in [1.165, 1.54) is 25.7 Å². The van der Waals surface area contributed by atoms with Gasteiger partial charge in [-0.15, -0.1) is 0 Å². The van der Waals surface area contributed by atoms with Crippen LogP contribution in [0, 0.1) is 4.77 Å². The van der Waals surface area contributed by atoms with Crippen molar-refractivity contribution in [3.63, 3.8) is 0 Å². The fourth-order valence-electron chi connectivity index (χ4n) is 2.33. The monoisotopic (exact) mass is 296 g/mol. The standard InChI is InChI=1S/C13H20N4O2S/c1-2-3-4-5-6-7-8-17-10-9(14-12(20)15-10)11(18)16-13(17)19/h2-8H2,1H3,(H2,14,15,20)(H,16,18,19). The molecule has 0 aliphatic heterocycles. The van der Waals surface area contributed by atoms with Gasteiger partial charge < -0.3 is 9.97 Å². The van der Waals surface area contributed by atoms with Crippen LogP contribution in [-0.2, 0) is 6.54 Å². The number of H-pyrrole nitrogens is 3. The Morgan fingerprint density at radius 2 is 1.70 bits per heavy atom. The minimum absolute atomic E-state index is 0.334. The molecule has 6 nitrogen and oxygen atoms in total. The molecule has 0 saturated carbocycles. The Labute approximate surface area is 121 Å². The van der Waals surface area contributed by atoms with Crippen LogP contribution >= 0.6 is 12.2 Å². The van der Waals surface area contributed by atoms with Gasteiger partial charge >= 0.3 is 5.69 Å². The second kappa shape index (κ2) is 6.69. The molecule has 2 rings (SSSR count). The minimum Gasteiger partial charge on any atom is -0.325 e. The molecule has 2 heterocycles. The molecule has 0 spiro atoms. The molecule has 0 aliphatic rings. The summed E-state index contributed by atoms with van der Waals surface area (Å²) in [5, 5.41) is 0. The summed E-state index contributed by atoms with van der Waals surface area (Å²) in [5.41, 5.74) is -0.00394. The Kier molecular flexibility index (Phi) is 4.94. The molecule has 3 N–H and O–H groups in total. The van der Waals surface area contributed by atoms with Gasteiger partial charge in [0.15, 0.2) is 4.77 Å². The van der Waals surface area contributed by atoms with Crippen LogP contribution in [0.5, 0.6) is 0 Å². The van der Waals surface area contributed by atoms with Gasteiger partial charge in [0.05, 0.1) is 0 Å². The molecule has 0 atom stereocenters. The summed E-state index contributed by atoms with van der Waals surface area (Å²) in [7, 11) is 0. The summed E-state index contributed by atoms with van der Waals surface area (Å²) in [5.74, 6) is 0. The number of hydrogen-bond acceptors (Lipinski definition) is 3. The van der Waals surface area contributed by atoms with Crippen LogP contribution in [-0.4, -0.2) is 19.5 Å². The SMILES string of the molecule is CCCCCCCCn1c(=O)[nH]c(=O)c2[nH]c(=S)[nH]c21. The van der Waals surface area contributed by atoms with Gasteiger partial charge in [-0.3, -0.25) is 14.3 Å². The molecule has 20 heavy (non-hydrogen) atoms. The highest BCUT2D eigenvalue weighted by Gasteiger charge is 2.09. The zero-order valence-electron chi connectivity index (χ0n) is 11.6. The van der Waals surface area contributed by atoms with Crippen molar-refractivity contribution in [2.24, 2.45) is 0 Å². The van der Waals surface area contributed by atoms with Crippen LogP contribution < -0.4 is 11.2 Å². The number of rotatable bonds is 7. The highest BCUT2D eigenvalue weighted by Crippen LogP contribution is 2.08. The predicted octanol–water partition coefficient (Wildman–Crippen LogP) is 2.44. The third kappa shape index (κ3) is 3.27. The largest absolute Gasteiger partial charge is 0.330 e. The van der Waals surface area contributed by atoms with Crippen molar-refractivity contribution in [1.82, 2.24) is 19.5 Å². The van der Waals surface area contributed by atoms with Crippen LogP contribution in [0.3, 0.4) is 0 Å². The van der Waals surface area contributed by atoms with Crippen molar-refractivity contribution in [1.29, 1.82) is 0 Å². The van der Waals surface area contributed by atoms with Crippen molar-refractivity contribution < 1.29 is 0 Å². The molecule has 110 valence electrons. The molecule has 0 aliphatic carbocycles. The van der Waals surface area contributed by atoms with E-state index in [2.05, 4.69) is 21.9 Å². The molecular formula is C13H20N4O2S. The van der Waals surface area contributed by atoms with E-state index >= 15 is 0 Å². The van der Waals surface area contributed by atoms with Crippen LogP contribution in [0.4, 0.5) is 0 Å². The maximum absolute atomic E-state index is 11.9. The molecule has 0 unspecified atom stereocenters. The molecule has 7 heteroatoms. The van der Waals surface area contributed by atoms with Crippen LogP contribution in [0.1, 0.15) is 45.4 Å². The molecule has 0 bridgehead atoms. The van der Waals surface area contributed by atoms with Crippen molar-refractivity contribution in [2.75, 3.05) is 0 Å². The number of nitrogens with one attached hydrogen (secondary N) is 3. The smallest absolute Gasteiger partial charge is 0.325 e. The van der Waals surface area contributed by atoms with E-state index < -0.39 is 5.56 Å². The van der Waals surface area contributed by atoms with E-state index in [-0.39, 0.29) is 5.69 Å². The zero-order valence-corrected chi connectivity index (χ0v) is 12.4. The topological polar surface area (TPSA) is 86.4 Å². The fraction of sp³-hybridized carbons (Fsp3) is 0.615. The number of aryl methyl sites for hydroxylation is 1. The van der Waals surface area contributed by atoms with Crippen LogP contribution in [0.15, 0.2) is 9.59 Å². The van der Waals surface area contributed by atoms with Crippen molar-refractivity contribution in [3.05, 3.63) is 25.6 Å². The third-order valence-corrected chi connectivity index (χ3v) is 3.61. The fourth-order valence-corrected chi connectivity index (χ4v) is 2.53.